The highest BCUT2D eigenvalue weighted by atomic mass is 32.2. The van der Waals surface area contributed by atoms with Gasteiger partial charge in [-0.2, -0.15) is 0 Å². The molecule has 3 aliphatic heterocycles. The fraction of sp³-hybridized carbons (Fsp3) is 0.516. The maximum absolute atomic E-state index is 14.1. The van der Waals surface area contributed by atoms with Gasteiger partial charge >= 0.3 is 0 Å². The molecule has 3 amide bonds. The van der Waals surface area contributed by atoms with E-state index >= 15 is 0 Å². The van der Waals surface area contributed by atoms with Crippen molar-refractivity contribution in [2.24, 2.45) is 17.8 Å². The minimum Gasteiger partial charge on any atom is -0.394 e. The average Bonchev–Trinajstić information content (AvgIpc) is 3.57. The molecule has 40 heavy (non-hydrogen) atoms. The molecule has 0 radical (unpaired) electrons. The fourth-order valence-corrected chi connectivity index (χ4v) is 9.49. The number of aliphatic hydroxyl groups excluding tert-OH is 1. The number of carbonyl (C=O) groups is 3. The van der Waals surface area contributed by atoms with Crippen LogP contribution in [0.15, 0.2) is 54.6 Å². The largest absolute Gasteiger partial charge is 0.394 e. The number of amides is 3. The highest BCUT2D eigenvalue weighted by molar-refractivity contribution is 8.02. The molecular formula is C31H40N4O4S. The molecule has 214 valence electrons. The molecule has 0 aromatic heterocycles. The minimum atomic E-state index is -0.786. The molecule has 3 fully saturated rings. The van der Waals surface area contributed by atoms with Gasteiger partial charge in [0, 0.05) is 36.3 Å². The first kappa shape index (κ1) is 28.5. The van der Waals surface area contributed by atoms with E-state index in [0.717, 1.165) is 30.8 Å². The van der Waals surface area contributed by atoms with Gasteiger partial charge in [-0.3, -0.25) is 14.4 Å². The first-order valence-electron chi connectivity index (χ1n) is 14.3. The third-order valence-electron chi connectivity index (χ3n) is 9.05. The van der Waals surface area contributed by atoms with Crippen molar-refractivity contribution in [1.29, 1.82) is 0 Å². The summed E-state index contributed by atoms with van der Waals surface area (Å²) in [5.74, 6) is -1.68. The Labute approximate surface area is 240 Å². The smallest absolute Gasteiger partial charge is 0.248 e. The average molecular weight is 565 g/mol. The number of nitrogens with one attached hydrogen (secondary N) is 2. The van der Waals surface area contributed by atoms with Gasteiger partial charge in [-0.05, 0) is 62.9 Å². The second-order valence-electron chi connectivity index (χ2n) is 11.2. The van der Waals surface area contributed by atoms with Crippen LogP contribution < -0.4 is 15.5 Å². The van der Waals surface area contributed by atoms with E-state index in [1.165, 1.54) is 0 Å². The molecular weight excluding hydrogens is 524 g/mol. The van der Waals surface area contributed by atoms with Gasteiger partial charge in [0.1, 0.15) is 6.04 Å². The van der Waals surface area contributed by atoms with Crippen LogP contribution in [-0.4, -0.2) is 69.5 Å². The zero-order chi connectivity index (χ0) is 28.6. The molecule has 2 aromatic rings. The number of likely N-dealkylation sites (tertiary alicyclic amines) is 1. The van der Waals surface area contributed by atoms with Crippen LogP contribution in [0.25, 0.3) is 0 Å². The van der Waals surface area contributed by atoms with Gasteiger partial charge in [0.15, 0.2) is 0 Å². The maximum Gasteiger partial charge on any atom is 0.248 e. The maximum atomic E-state index is 14.1. The molecule has 8 nitrogen and oxygen atoms in total. The van der Waals surface area contributed by atoms with Crippen molar-refractivity contribution in [3.8, 4) is 0 Å². The number of anilines is 2. The van der Waals surface area contributed by atoms with Crippen LogP contribution in [0, 0.1) is 17.8 Å². The van der Waals surface area contributed by atoms with Gasteiger partial charge in [-0.1, -0.05) is 37.3 Å². The Balaban J connectivity index is 1.42. The molecule has 9 heteroatoms. The quantitative estimate of drug-likeness (QED) is 0.408. The molecule has 3 aliphatic rings. The standard InChI is InChI=1S/C31H40N4O4S/c1-5-34(6-2)23-14-12-22(13-15-23)33-29(38)27-31-19(3)16-24(40-31)25(26(31)30(39)35(27)20(4)18-36)28(37)32-17-21-10-8-7-9-11-21/h7-15,19-20,24-27,36H,5-6,16-18H2,1-4H3,(H,32,37)(H,33,38)/t19?,20-,24-,25+,26+,27?,31?/m1/s1. The van der Waals surface area contributed by atoms with Crippen LogP contribution in [0.1, 0.15) is 39.7 Å². The Kier molecular flexibility index (Phi) is 8.15. The molecule has 3 N–H and O–H groups in total. The zero-order valence-corrected chi connectivity index (χ0v) is 24.5. The van der Waals surface area contributed by atoms with E-state index < -0.39 is 28.7 Å². The number of fused-ring (bicyclic) bond motifs is 1. The second kappa shape index (κ2) is 11.4. The number of aliphatic hydroxyl groups is 1. The Bertz CT molecular complexity index is 1240. The highest BCUT2D eigenvalue weighted by Crippen LogP contribution is 2.68. The summed E-state index contributed by atoms with van der Waals surface area (Å²) >= 11 is 1.64. The lowest BCUT2D eigenvalue weighted by Gasteiger charge is -2.39. The summed E-state index contributed by atoms with van der Waals surface area (Å²) in [6.45, 7) is 9.98. The second-order valence-corrected chi connectivity index (χ2v) is 12.8. The van der Waals surface area contributed by atoms with Crippen molar-refractivity contribution in [2.75, 3.05) is 29.9 Å². The van der Waals surface area contributed by atoms with Crippen molar-refractivity contribution >= 4 is 40.9 Å². The molecule has 3 saturated heterocycles. The first-order valence-corrected chi connectivity index (χ1v) is 15.2. The topological polar surface area (TPSA) is 102 Å². The van der Waals surface area contributed by atoms with Gasteiger partial charge < -0.3 is 25.5 Å². The van der Waals surface area contributed by atoms with Crippen LogP contribution in [0.4, 0.5) is 11.4 Å². The molecule has 2 bridgehead atoms. The zero-order valence-electron chi connectivity index (χ0n) is 23.7. The lowest BCUT2D eigenvalue weighted by atomic mass is 9.66. The van der Waals surface area contributed by atoms with E-state index in [0.29, 0.717) is 12.2 Å². The van der Waals surface area contributed by atoms with Gasteiger partial charge in [-0.15, -0.1) is 11.8 Å². The molecule has 5 rings (SSSR count). The molecule has 0 aliphatic carbocycles. The van der Waals surface area contributed by atoms with Crippen LogP contribution in [-0.2, 0) is 20.9 Å². The van der Waals surface area contributed by atoms with E-state index in [-0.39, 0.29) is 35.5 Å². The number of carbonyl (C=O) groups excluding carboxylic acids is 3. The lowest BCUT2D eigenvalue weighted by molar-refractivity contribution is -0.141. The van der Waals surface area contributed by atoms with Gasteiger partial charge in [0.05, 0.1) is 29.2 Å². The predicted octanol–water partition coefficient (Wildman–Crippen LogP) is 3.51. The highest BCUT2D eigenvalue weighted by Gasteiger charge is 2.76. The number of benzene rings is 2. The third-order valence-corrected chi connectivity index (χ3v) is 11.1. The van der Waals surface area contributed by atoms with E-state index in [9.17, 15) is 19.5 Å². The number of hydrogen-bond acceptors (Lipinski definition) is 6. The third kappa shape index (κ3) is 4.67. The SMILES string of the molecule is CCN(CC)c1ccc(NC(=O)C2N([C@H](C)CO)C(=O)[C@@H]3[C@@H](C(=O)NCc4ccccc4)[C@H]4CC(C)C23S4)cc1. The number of rotatable bonds is 10. The Morgan fingerprint density at radius 1 is 1.10 bits per heavy atom. The lowest BCUT2D eigenvalue weighted by Crippen LogP contribution is -2.56. The monoisotopic (exact) mass is 564 g/mol. The molecule has 3 unspecified atom stereocenters. The van der Waals surface area contributed by atoms with Crippen molar-refractivity contribution < 1.29 is 19.5 Å². The Morgan fingerprint density at radius 2 is 1.77 bits per heavy atom. The Hall–Kier alpha value is -3.04. The summed E-state index contributed by atoms with van der Waals surface area (Å²) in [5.41, 5.74) is 2.73. The first-order chi connectivity index (χ1) is 19.3. The van der Waals surface area contributed by atoms with E-state index in [1.54, 1.807) is 23.6 Å². The van der Waals surface area contributed by atoms with Crippen LogP contribution in [0.5, 0.6) is 0 Å². The van der Waals surface area contributed by atoms with E-state index in [1.807, 2.05) is 54.6 Å². The summed E-state index contributed by atoms with van der Waals surface area (Å²) in [6, 6.07) is 16.1. The fourth-order valence-electron chi connectivity index (χ4n) is 7.08. The summed E-state index contributed by atoms with van der Waals surface area (Å²) in [4.78, 5) is 45.6. The summed E-state index contributed by atoms with van der Waals surface area (Å²) in [5, 5.41) is 16.2. The van der Waals surface area contributed by atoms with Crippen LogP contribution in [0.3, 0.4) is 0 Å². The van der Waals surface area contributed by atoms with Crippen molar-refractivity contribution in [2.45, 2.75) is 62.7 Å². The van der Waals surface area contributed by atoms with Crippen molar-refractivity contribution in [1.82, 2.24) is 10.2 Å². The molecule has 1 spiro atoms. The van der Waals surface area contributed by atoms with Crippen molar-refractivity contribution in [3.05, 3.63) is 60.2 Å². The molecule has 3 heterocycles. The van der Waals surface area contributed by atoms with E-state index in [4.69, 9.17) is 0 Å². The Morgan fingerprint density at radius 3 is 2.40 bits per heavy atom. The van der Waals surface area contributed by atoms with Gasteiger partial charge in [-0.25, -0.2) is 0 Å². The normalized spacial score (nSPS) is 29.3. The molecule has 2 aromatic carbocycles. The van der Waals surface area contributed by atoms with Gasteiger partial charge in [0.2, 0.25) is 17.7 Å². The van der Waals surface area contributed by atoms with Crippen LogP contribution >= 0.6 is 11.8 Å². The molecule has 0 saturated carbocycles. The summed E-state index contributed by atoms with van der Waals surface area (Å²) < 4.78 is -0.731. The summed E-state index contributed by atoms with van der Waals surface area (Å²) in [6.07, 6.45) is 0.765. The van der Waals surface area contributed by atoms with Crippen LogP contribution in [0.2, 0.25) is 0 Å². The number of hydrogen-bond donors (Lipinski definition) is 3. The predicted molar refractivity (Wildman–Crippen MR) is 159 cm³/mol. The van der Waals surface area contributed by atoms with Gasteiger partial charge in [0.25, 0.3) is 0 Å². The minimum absolute atomic E-state index is 0.0324. The summed E-state index contributed by atoms with van der Waals surface area (Å²) in [7, 11) is 0. The number of nitrogens with zero attached hydrogens (tertiary/aromatic N) is 2. The van der Waals surface area contributed by atoms with E-state index in [2.05, 4.69) is 36.3 Å². The van der Waals surface area contributed by atoms with Crippen molar-refractivity contribution in [3.63, 3.8) is 0 Å². The number of thioether (sulfide) groups is 1. The molecule has 7 atom stereocenters.